The Labute approximate surface area is 141 Å². The maximum absolute atomic E-state index is 12.0. The van der Waals surface area contributed by atoms with Crippen molar-refractivity contribution in [3.05, 3.63) is 0 Å². The first-order valence-corrected chi connectivity index (χ1v) is 12.7. The predicted molar refractivity (Wildman–Crippen MR) is 95.4 cm³/mol. The molecule has 1 aliphatic carbocycles. The largest absolute Gasteiger partial charge is 0.450 e. The highest BCUT2D eigenvalue weighted by molar-refractivity contribution is 6.76. The van der Waals surface area contributed by atoms with Crippen LogP contribution in [0.3, 0.4) is 0 Å². The van der Waals surface area contributed by atoms with Gasteiger partial charge in [-0.3, -0.25) is 0 Å². The second-order valence-corrected chi connectivity index (χ2v) is 14.3. The van der Waals surface area contributed by atoms with E-state index in [4.69, 9.17) is 15.2 Å². The number of nitrogens with two attached hydrogens (primary N) is 1. The monoisotopic (exact) mass is 342 g/mol. The third-order valence-electron chi connectivity index (χ3n) is 4.97. The Kier molecular flexibility index (Phi) is 6.14. The van der Waals surface area contributed by atoms with Gasteiger partial charge < -0.3 is 20.1 Å². The molecule has 134 valence electrons. The highest BCUT2D eigenvalue weighted by Crippen LogP contribution is 2.47. The van der Waals surface area contributed by atoms with Crippen LogP contribution in [0.4, 0.5) is 4.79 Å². The van der Waals surface area contributed by atoms with Gasteiger partial charge in [-0.2, -0.15) is 0 Å². The second kappa shape index (κ2) is 7.53. The number of rotatable bonds is 7. The molecule has 0 aromatic carbocycles. The Bertz CT molecular complexity index is 397. The minimum absolute atomic E-state index is 0.00797. The minimum atomic E-state index is -1.16. The normalized spacial score (nSPS) is 24.3. The summed E-state index contributed by atoms with van der Waals surface area (Å²) in [6, 6.07) is 0.992. The molecule has 1 aliphatic heterocycles. The predicted octanol–water partition coefficient (Wildman–Crippen LogP) is 3.07. The summed E-state index contributed by atoms with van der Waals surface area (Å²) in [5.41, 5.74) is 6.47. The summed E-state index contributed by atoms with van der Waals surface area (Å²) in [4.78, 5) is 13.6. The highest BCUT2D eigenvalue weighted by atomic mass is 28.3. The van der Waals surface area contributed by atoms with Crippen LogP contribution >= 0.6 is 0 Å². The molecule has 2 N–H and O–H groups in total. The van der Waals surface area contributed by atoms with Crippen LogP contribution < -0.4 is 5.73 Å². The molecule has 2 rings (SSSR count). The van der Waals surface area contributed by atoms with Crippen LogP contribution in [-0.4, -0.2) is 57.5 Å². The zero-order valence-corrected chi connectivity index (χ0v) is 16.3. The number of hydrogen-bond donors (Lipinski definition) is 1. The van der Waals surface area contributed by atoms with Crippen molar-refractivity contribution in [1.82, 2.24) is 4.90 Å². The van der Waals surface area contributed by atoms with Crippen LogP contribution in [0.25, 0.3) is 0 Å². The molecule has 1 saturated heterocycles. The zero-order chi connectivity index (χ0) is 17.1. The van der Waals surface area contributed by atoms with Crippen LogP contribution in [0.1, 0.15) is 32.1 Å². The first-order valence-electron chi connectivity index (χ1n) is 8.97. The smallest absolute Gasteiger partial charge is 0.409 e. The first-order chi connectivity index (χ1) is 10.7. The number of hydrogen-bond acceptors (Lipinski definition) is 4. The summed E-state index contributed by atoms with van der Waals surface area (Å²) in [6.45, 7) is 8.73. The molecule has 23 heavy (non-hydrogen) atoms. The van der Waals surface area contributed by atoms with Crippen molar-refractivity contribution in [2.24, 2.45) is 11.7 Å². The molecular weight excluding hydrogens is 308 g/mol. The summed E-state index contributed by atoms with van der Waals surface area (Å²) in [6.07, 6.45) is 5.52. The van der Waals surface area contributed by atoms with E-state index in [0.29, 0.717) is 19.1 Å². The van der Waals surface area contributed by atoms with E-state index in [0.717, 1.165) is 19.1 Å². The number of ether oxygens (including phenoxy) is 2. The van der Waals surface area contributed by atoms with Crippen molar-refractivity contribution in [3.63, 3.8) is 0 Å². The molecule has 0 bridgehead atoms. The van der Waals surface area contributed by atoms with E-state index in [2.05, 4.69) is 19.6 Å². The zero-order valence-electron chi connectivity index (χ0n) is 15.3. The molecule has 2 atom stereocenters. The quantitative estimate of drug-likeness (QED) is 0.722. The summed E-state index contributed by atoms with van der Waals surface area (Å²) in [5.74, 6) is 0.535. The average Bonchev–Trinajstić information content (AvgIpc) is 3.19. The van der Waals surface area contributed by atoms with Crippen LogP contribution in [0.5, 0.6) is 0 Å². The maximum atomic E-state index is 12.0. The molecule has 2 aliphatic rings. The average molecular weight is 343 g/mol. The van der Waals surface area contributed by atoms with Gasteiger partial charge in [0.15, 0.2) is 0 Å². The van der Waals surface area contributed by atoms with Gasteiger partial charge in [0.25, 0.3) is 0 Å². The molecule has 0 radical (unpaired) electrons. The van der Waals surface area contributed by atoms with Crippen molar-refractivity contribution in [2.75, 3.05) is 26.8 Å². The first kappa shape index (κ1) is 18.7. The van der Waals surface area contributed by atoms with Crippen molar-refractivity contribution in [2.45, 2.75) is 69.4 Å². The Hall–Kier alpha value is -0.593. The number of carbonyl (C=O) groups is 1. The topological polar surface area (TPSA) is 64.8 Å². The molecule has 5 nitrogen and oxygen atoms in total. The van der Waals surface area contributed by atoms with Gasteiger partial charge in [0, 0.05) is 27.7 Å². The van der Waals surface area contributed by atoms with E-state index in [1.165, 1.54) is 25.7 Å². The number of carbonyl (C=O) groups excluding carboxylic acids is 1. The van der Waals surface area contributed by atoms with Crippen LogP contribution in [0.15, 0.2) is 0 Å². The van der Waals surface area contributed by atoms with Crippen LogP contribution in [-0.2, 0) is 9.47 Å². The van der Waals surface area contributed by atoms with Gasteiger partial charge in [-0.15, -0.1) is 0 Å². The third kappa shape index (κ3) is 6.43. The van der Waals surface area contributed by atoms with E-state index >= 15 is 0 Å². The maximum Gasteiger partial charge on any atom is 0.409 e. The van der Waals surface area contributed by atoms with Crippen molar-refractivity contribution >= 4 is 14.2 Å². The van der Waals surface area contributed by atoms with Gasteiger partial charge in [-0.05, 0) is 44.1 Å². The lowest BCUT2D eigenvalue weighted by Gasteiger charge is -2.31. The third-order valence-corrected chi connectivity index (χ3v) is 6.68. The fraction of sp³-hybridized carbons (Fsp3) is 0.941. The second-order valence-electron chi connectivity index (χ2n) is 8.70. The van der Waals surface area contributed by atoms with Crippen molar-refractivity contribution in [3.8, 4) is 0 Å². The molecule has 0 aromatic heterocycles. The summed E-state index contributed by atoms with van der Waals surface area (Å²) >= 11 is 0. The van der Waals surface area contributed by atoms with E-state index in [1.807, 2.05) is 0 Å². The molecule has 1 amide bonds. The molecule has 6 heteroatoms. The molecule has 1 spiro atoms. The minimum Gasteiger partial charge on any atom is -0.450 e. The van der Waals surface area contributed by atoms with E-state index < -0.39 is 8.07 Å². The highest BCUT2D eigenvalue weighted by Gasteiger charge is 2.46. The lowest BCUT2D eigenvalue weighted by Crippen LogP contribution is -2.41. The Morgan fingerprint density at radius 2 is 2.09 bits per heavy atom. The molecule has 0 aromatic rings. The fourth-order valence-electron chi connectivity index (χ4n) is 3.12. The van der Waals surface area contributed by atoms with Gasteiger partial charge in [-0.25, -0.2) is 4.79 Å². The van der Waals surface area contributed by atoms with Crippen LogP contribution in [0.2, 0.25) is 25.7 Å². The Morgan fingerprint density at radius 1 is 1.39 bits per heavy atom. The van der Waals surface area contributed by atoms with E-state index in [9.17, 15) is 4.79 Å². The van der Waals surface area contributed by atoms with Crippen LogP contribution in [0, 0.1) is 5.92 Å². The summed E-state index contributed by atoms with van der Waals surface area (Å²) in [7, 11) is 0.610. The molecule has 2 fully saturated rings. The SMILES string of the molecule is CN(C[C@@H](N)C[C@H]1CCC2(CC2)OC1)C(=O)OCC[Si](C)(C)C. The number of likely N-dealkylation sites (N-methyl/N-ethyl adjacent to an activating group) is 1. The summed E-state index contributed by atoms with van der Waals surface area (Å²) < 4.78 is 11.3. The van der Waals surface area contributed by atoms with E-state index in [1.54, 1.807) is 11.9 Å². The van der Waals surface area contributed by atoms with Crippen molar-refractivity contribution in [1.29, 1.82) is 0 Å². The molecular formula is C17H34N2O3Si. The summed E-state index contributed by atoms with van der Waals surface area (Å²) in [5, 5.41) is 0. The molecule has 1 heterocycles. The van der Waals surface area contributed by atoms with Gasteiger partial charge >= 0.3 is 6.09 Å². The van der Waals surface area contributed by atoms with Gasteiger partial charge in [0.05, 0.1) is 18.8 Å². The lowest BCUT2D eigenvalue weighted by molar-refractivity contribution is -0.0377. The Morgan fingerprint density at radius 3 is 2.61 bits per heavy atom. The van der Waals surface area contributed by atoms with Gasteiger partial charge in [0.2, 0.25) is 0 Å². The van der Waals surface area contributed by atoms with Gasteiger partial charge in [0.1, 0.15) is 0 Å². The Balaban J connectivity index is 1.61. The fourth-order valence-corrected chi connectivity index (χ4v) is 3.84. The van der Waals surface area contributed by atoms with Crippen molar-refractivity contribution < 1.29 is 14.3 Å². The lowest BCUT2D eigenvalue weighted by atomic mass is 9.91. The molecule has 0 unspecified atom stereocenters. The number of amides is 1. The number of nitrogens with zero attached hydrogens (tertiary/aromatic N) is 1. The standard InChI is InChI=1S/C17H34N2O3Si/c1-19(16(20)21-9-10-23(2,3)4)12-15(18)11-14-5-6-17(7-8-17)22-13-14/h14-15H,5-13,18H2,1-4H3/t14-,15+/m1/s1. The van der Waals surface area contributed by atoms with E-state index in [-0.39, 0.29) is 17.7 Å². The molecule has 1 saturated carbocycles. The van der Waals surface area contributed by atoms with Gasteiger partial charge in [-0.1, -0.05) is 19.6 Å².